The summed E-state index contributed by atoms with van der Waals surface area (Å²) in [5, 5.41) is 2.87. The number of benzene rings is 2. The molecule has 0 aliphatic carbocycles. The van der Waals surface area contributed by atoms with Crippen molar-refractivity contribution in [2.75, 3.05) is 13.1 Å². The topological polar surface area (TPSA) is 59.8 Å². The van der Waals surface area contributed by atoms with E-state index in [1.807, 2.05) is 42.5 Å². The molecule has 2 aromatic carbocycles. The number of esters is 1. The van der Waals surface area contributed by atoms with Gasteiger partial charge >= 0.3 is 5.97 Å². The number of hydrogen-bond donors (Lipinski definition) is 2. The maximum Gasteiger partial charge on any atom is 0.312 e. The van der Waals surface area contributed by atoms with Gasteiger partial charge in [-0.05, 0) is 18.1 Å². The molecule has 2 aromatic rings. The van der Waals surface area contributed by atoms with Crippen molar-refractivity contribution >= 4 is 11.9 Å². The Morgan fingerprint density at radius 1 is 1.15 bits per heavy atom. The molecule has 26 heavy (non-hydrogen) atoms. The summed E-state index contributed by atoms with van der Waals surface area (Å²) in [4.78, 5) is 25.7. The minimum atomic E-state index is -0.411. The number of carbonyl (C=O) groups is 2. The number of quaternary nitrogens is 1. The number of piperazine rings is 1. The quantitative estimate of drug-likeness (QED) is 0.762. The Labute approximate surface area is 154 Å². The zero-order valence-corrected chi connectivity index (χ0v) is 15.0. The van der Waals surface area contributed by atoms with Gasteiger partial charge in [0.25, 0.3) is 5.91 Å². The van der Waals surface area contributed by atoms with Crippen LogP contribution >= 0.6 is 0 Å². The lowest BCUT2D eigenvalue weighted by atomic mass is 10.0. The molecule has 0 spiro atoms. The second-order valence-corrected chi connectivity index (χ2v) is 6.71. The lowest BCUT2D eigenvalue weighted by Gasteiger charge is -2.31. The molecule has 1 amide bonds. The summed E-state index contributed by atoms with van der Waals surface area (Å²) in [7, 11) is 0. The van der Waals surface area contributed by atoms with Crippen LogP contribution in [0.3, 0.4) is 0 Å². The smallest absolute Gasteiger partial charge is 0.312 e. The van der Waals surface area contributed by atoms with Gasteiger partial charge in [0.15, 0.2) is 6.04 Å². The Bertz CT molecular complexity index is 761. The summed E-state index contributed by atoms with van der Waals surface area (Å²) in [6.45, 7) is 4.48. The summed E-state index contributed by atoms with van der Waals surface area (Å²) in [5.41, 5.74) is 3.36. The highest BCUT2D eigenvalue weighted by Crippen LogP contribution is 2.07. The Balaban J connectivity index is 1.62. The second kappa shape index (κ2) is 8.63. The Kier molecular flexibility index (Phi) is 6.02. The first-order valence-electron chi connectivity index (χ1n) is 9.00. The van der Waals surface area contributed by atoms with Crippen LogP contribution < -0.4 is 10.2 Å². The van der Waals surface area contributed by atoms with Gasteiger partial charge in [-0.25, -0.2) is 0 Å². The van der Waals surface area contributed by atoms with E-state index < -0.39 is 6.04 Å². The fraction of sp³-hybridized carbons (Fsp3) is 0.333. The van der Waals surface area contributed by atoms with E-state index in [0.29, 0.717) is 6.54 Å². The summed E-state index contributed by atoms with van der Waals surface area (Å²) >= 11 is 0. The van der Waals surface area contributed by atoms with Crippen LogP contribution in [0.25, 0.3) is 0 Å². The molecule has 1 saturated heterocycles. The first-order chi connectivity index (χ1) is 12.6. The molecule has 1 fully saturated rings. The van der Waals surface area contributed by atoms with Crippen LogP contribution in [0.4, 0.5) is 0 Å². The summed E-state index contributed by atoms with van der Waals surface area (Å²) in [6, 6.07) is 17.3. The highest BCUT2D eigenvalue weighted by molar-refractivity contribution is 5.85. The van der Waals surface area contributed by atoms with E-state index in [1.54, 1.807) is 0 Å². The predicted octanol–water partition coefficient (Wildman–Crippen LogP) is 1.01. The van der Waals surface area contributed by atoms with Crippen molar-refractivity contribution < 1.29 is 19.2 Å². The number of hydrogen-bond acceptors (Lipinski definition) is 3. The van der Waals surface area contributed by atoms with Gasteiger partial charge in [0.05, 0.1) is 13.1 Å². The van der Waals surface area contributed by atoms with Crippen molar-refractivity contribution in [2.24, 2.45) is 0 Å². The number of rotatable bonds is 6. The van der Waals surface area contributed by atoms with E-state index >= 15 is 0 Å². The molecule has 2 N–H and O–H groups in total. The first-order valence-corrected chi connectivity index (χ1v) is 9.00. The molecule has 5 nitrogen and oxygen atoms in total. The van der Waals surface area contributed by atoms with Gasteiger partial charge in [-0.1, -0.05) is 54.6 Å². The van der Waals surface area contributed by atoms with E-state index in [1.165, 1.54) is 11.1 Å². The van der Waals surface area contributed by atoms with Crippen molar-refractivity contribution in [1.29, 1.82) is 0 Å². The highest BCUT2D eigenvalue weighted by atomic mass is 16.5. The van der Waals surface area contributed by atoms with Gasteiger partial charge in [-0.15, -0.1) is 0 Å². The zero-order chi connectivity index (χ0) is 18.4. The van der Waals surface area contributed by atoms with Gasteiger partial charge < -0.3 is 15.0 Å². The molecule has 1 unspecified atom stereocenters. The summed E-state index contributed by atoms with van der Waals surface area (Å²) in [5.74, 6) is -0.408. The molecule has 1 heterocycles. The van der Waals surface area contributed by atoms with E-state index in [9.17, 15) is 9.59 Å². The molecule has 0 bridgehead atoms. The maximum absolute atomic E-state index is 12.3. The standard InChI is InChI=1S/C21H24N2O3/c1-16-7-5-6-10-18(16)14-23-12-11-22-21(25)19(23)13-20(24)26-15-17-8-3-2-4-9-17/h2-10,19H,11-15H2,1H3,(H,22,25)/p+1/t19-/m0/s1. The van der Waals surface area contributed by atoms with Crippen LogP contribution in [0.5, 0.6) is 0 Å². The first kappa shape index (κ1) is 18.1. The van der Waals surface area contributed by atoms with Crippen LogP contribution in [0.2, 0.25) is 0 Å². The number of amides is 1. The van der Waals surface area contributed by atoms with E-state index in [0.717, 1.165) is 23.6 Å². The SMILES string of the molecule is Cc1ccccc1C[NH+]1CCNC(=O)[C@@H]1CC(=O)OCc1ccccc1. The Morgan fingerprint density at radius 2 is 1.88 bits per heavy atom. The summed E-state index contributed by atoms with van der Waals surface area (Å²) in [6.07, 6.45) is 0.0971. The van der Waals surface area contributed by atoms with E-state index in [4.69, 9.17) is 4.74 Å². The van der Waals surface area contributed by atoms with Crippen LogP contribution in [0, 0.1) is 6.92 Å². The maximum atomic E-state index is 12.3. The molecule has 1 aliphatic heterocycles. The van der Waals surface area contributed by atoms with Crippen molar-refractivity contribution in [3.8, 4) is 0 Å². The van der Waals surface area contributed by atoms with Gasteiger partial charge in [-0.2, -0.15) is 0 Å². The molecular formula is C21H25N2O3+. The largest absolute Gasteiger partial charge is 0.461 e. The molecule has 0 aromatic heterocycles. The number of aryl methyl sites for hydroxylation is 1. The number of nitrogens with one attached hydrogen (secondary N) is 2. The number of carbonyl (C=O) groups excluding carboxylic acids is 2. The monoisotopic (exact) mass is 353 g/mol. The fourth-order valence-electron chi connectivity index (χ4n) is 3.29. The van der Waals surface area contributed by atoms with Crippen LogP contribution in [0.15, 0.2) is 54.6 Å². The van der Waals surface area contributed by atoms with Gasteiger partial charge in [0, 0.05) is 5.56 Å². The number of ether oxygens (including phenoxy) is 1. The lowest BCUT2D eigenvalue weighted by Crippen LogP contribution is -3.18. The van der Waals surface area contributed by atoms with Crippen LogP contribution in [0.1, 0.15) is 23.1 Å². The average molecular weight is 353 g/mol. The third kappa shape index (κ3) is 4.70. The van der Waals surface area contributed by atoms with Crippen molar-refractivity contribution in [2.45, 2.75) is 32.5 Å². The van der Waals surface area contributed by atoms with E-state index in [-0.39, 0.29) is 24.9 Å². The highest BCUT2D eigenvalue weighted by Gasteiger charge is 2.36. The lowest BCUT2D eigenvalue weighted by molar-refractivity contribution is -0.930. The van der Waals surface area contributed by atoms with Crippen molar-refractivity contribution in [1.82, 2.24) is 5.32 Å². The van der Waals surface area contributed by atoms with Gasteiger partial charge in [-0.3, -0.25) is 9.59 Å². The van der Waals surface area contributed by atoms with E-state index in [2.05, 4.69) is 24.4 Å². The minimum absolute atomic E-state index is 0.0727. The molecule has 0 radical (unpaired) electrons. The van der Waals surface area contributed by atoms with Crippen molar-refractivity contribution in [3.05, 3.63) is 71.3 Å². The zero-order valence-electron chi connectivity index (χ0n) is 15.0. The third-order valence-corrected chi connectivity index (χ3v) is 4.85. The van der Waals surface area contributed by atoms with Crippen molar-refractivity contribution in [3.63, 3.8) is 0 Å². The fourth-order valence-corrected chi connectivity index (χ4v) is 3.29. The average Bonchev–Trinajstić information content (AvgIpc) is 2.65. The molecule has 5 heteroatoms. The van der Waals surface area contributed by atoms with Gasteiger partial charge in [0.2, 0.25) is 0 Å². The predicted molar refractivity (Wildman–Crippen MR) is 98.4 cm³/mol. The molecule has 136 valence electrons. The Hall–Kier alpha value is -2.66. The van der Waals surface area contributed by atoms with Gasteiger partial charge in [0.1, 0.15) is 19.6 Å². The van der Waals surface area contributed by atoms with Crippen LogP contribution in [-0.2, 0) is 27.5 Å². The molecule has 2 atom stereocenters. The minimum Gasteiger partial charge on any atom is -0.461 e. The third-order valence-electron chi connectivity index (χ3n) is 4.85. The molecule has 0 saturated carbocycles. The molecular weight excluding hydrogens is 328 g/mol. The second-order valence-electron chi connectivity index (χ2n) is 6.71. The normalized spacial score (nSPS) is 19.7. The van der Waals surface area contributed by atoms with Crippen LogP contribution in [-0.4, -0.2) is 31.0 Å². The Morgan fingerprint density at radius 3 is 2.65 bits per heavy atom. The molecule has 3 rings (SSSR count). The molecule has 1 aliphatic rings. The summed E-state index contributed by atoms with van der Waals surface area (Å²) < 4.78 is 5.37.